The van der Waals surface area contributed by atoms with Crippen LogP contribution in [0.1, 0.15) is 63.3 Å². The summed E-state index contributed by atoms with van der Waals surface area (Å²) in [5, 5.41) is 13.9. The van der Waals surface area contributed by atoms with Gasteiger partial charge < -0.3 is 15.2 Å². The summed E-state index contributed by atoms with van der Waals surface area (Å²) in [6.45, 7) is 6.46. The fourth-order valence-corrected chi connectivity index (χ4v) is 4.95. The zero-order valence-electron chi connectivity index (χ0n) is 21.0. The van der Waals surface area contributed by atoms with Crippen LogP contribution in [0.3, 0.4) is 0 Å². The summed E-state index contributed by atoms with van der Waals surface area (Å²) < 4.78 is 34.1. The van der Waals surface area contributed by atoms with Crippen molar-refractivity contribution < 1.29 is 28.2 Å². The molecule has 0 saturated carbocycles. The van der Waals surface area contributed by atoms with Crippen LogP contribution in [-0.2, 0) is 22.4 Å². The number of carbonyl (C=O) groups is 2. The Hall–Kier alpha value is -2.52. The van der Waals surface area contributed by atoms with Crippen molar-refractivity contribution in [2.45, 2.75) is 77.2 Å². The highest BCUT2D eigenvalue weighted by molar-refractivity contribution is 9.10. The molecule has 2 aromatic rings. The van der Waals surface area contributed by atoms with E-state index in [1.165, 1.54) is 11.8 Å². The molecule has 3 atom stereocenters. The van der Waals surface area contributed by atoms with Crippen molar-refractivity contribution in [1.82, 2.24) is 10.2 Å². The number of aryl methyl sites for hydroxylation is 1. The number of rotatable bonds is 7. The van der Waals surface area contributed by atoms with Gasteiger partial charge in [0.1, 0.15) is 17.2 Å². The first-order valence-corrected chi connectivity index (χ1v) is 12.8. The molecular formula is C27H33BrF2N2O4. The molecule has 0 heterocycles. The molecule has 2 N–H and O–H groups in total. The van der Waals surface area contributed by atoms with E-state index in [1.807, 2.05) is 18.2 Å². The molecular weight excluding hydrogens is 534 g/mol. The summed E-state index contributed by atoms with van der Waals surface area (Å²) in [7, 11) is 0. The first-order valence-electron chi connectivity index (χ1n) is 12.0. The Morgan fingerprint density at radius 3 is 2.47 bits per heavy atom. The van der Waals surface area contributed by atoms with Gasteiger partial charge in [0.05, 0.1) is 24.7 Å². The molecule has 0 aliphatic heterocycles. The van der Waals surface area contributed by atoms with Gasteiger partial charge in [0.15, 0.2) is 0 Å². The number of amides is 2. The van der Waals surface area contributed by atoms with Gasteiger partial charge >= 0.3 is 6.09 Å². The third-order valence-corrected chi connectivity index (χ3v) is 6.50. The second-order valence-electron chi connectivity index (χ2n) is 10.2. The van der Waals surface area contributed by atoms with Crippen LogP contribution in [0.4, 0.5) is 13.6 Å². The summed E-state index contributed by atoms with van der Waals surface area (Å²) in [6, 6.07) is 7.79. The third-order valence-electron chi connectivity index (χ3n) is 6.01. The molecule has 0 spiro atoms. The van der Waals surface area contributed by atoms with Gasteiger partial charge in [-0.2, -0.15) is 0 Å². The second kappa shape index (κ2) is 11.7. The van der Waals surface area contributed by atoms with E-state index < -0.39 is 41.4 Å². The maximum atomic E-state index is 13.8. The molecule has 1 aliphatic rings. The van der Waals surface area contributed by atoms with Crippen molar-refractivity contribution in [1.29, 1.82) is 0 Å². The van der Waals surface area contributed by atoms with Gasteiger partial charge in [-0.3, -0.25) is 9.69 Å². The number of benzene rings is 2. The number of hydrogen-bond acceptors (Lipinski definition) is 4. The lowest BCUT2D eigenvalue weighted by Gasteiger charge is -2.39. The van der Waals surface area contributed by atoms with Crippen LogP contribution in [0.5, 0.6) is 0 Å². The van der Waals surface area contributed by atoms with E-state index in [4.69, 9.17) is 4.74 Å². The van der Waals surface area contributed by atoms with E-state index in [1.54, 1.807) is 20.8 Å². The van der Waals surface area contributed by atoms with Crippen LogP contribution in [0.2, 0.25) is 0 Å². The first kappa shape index (κ1) is 28.1. The van der Waals surface area contributed by atoms with Crippen molar-refractivity contribution >= 4 is 27.9 Å². The van der Waals surface area contributed by atoms with Crippen LogP contribution < -0.4 is 5.32 Å². The number of halogens is 3. The summed E-state index contributed by atoms with van der Waals surface area (Å²) in [6.07, 6.45) is 0.568. The molecule has 6 nitrogen and oxygen atoms in total. The lowest BCUT2D eigenvalue weighted by atomic mass is 9.86. The van der Waals surface area contributed by atoms with Gasteiger partial charge in [-0.15, -0.1) is 0 Å². The van der Waals surface area contributed by atoms with E-state index >= 15 is 0 Å². The largest absolute Gasteiger partial charge is 0.444 e. The number of fused-ring (bicyclic) bond motifs is 1. The van der Waals surface area contributed by atoms with Crippen molar-refractivity contribution in [2.24, 2.45) is 0 Å². The second-order valence-corrected chi connectivity index (χ2v) is 11.2. The highest BCUT2D eigenvalue weighted by atomic mass is 79.9. The van der Waals surface area contributed by atoms with Gasteiger partial charge in [0.2, 0.25) is 5.91 Å². The fraction of sp³-hybridized carbons (Fsp3) is 0.481. The minimum absolute atomic E-state index is 0.0234. The third kappa shape index (κ3) is 7.74. The van der Waals surface area contributed by atoms with Crippen LogP contribution in [0, 0.1) is 11.6 Å². The highest BCUT2D eigenvalue weighted by Gasteiger charge is 2.35. The Bertz CT molecular complexity index is 1090. The molecule has 196 valence electrons. The predicted octanol–water partition coefficient (Wildman–Crippen LogP) is 5.45. The fourth-order valence-electron chi connectivity index (χ4n) is 4.57. The molecule has 9 heteroatoms. The van der Waals surface area contributed by atoms with Gasteiger partial charge in [-0.25, -0.2) is 13.6 Å². The summed E-state index contributed by atoms with van der Waals surface area (Å²) in [4.78, 5) is 26.8. The molecule has 2 unspecified atom stereocenters. The predicted molar refractivity (Wildman–Crippen MR) is 136 cm³/mol. The lowest BCUT2D eigenvalue weighted by Crippen LogP contribution is -2.51. The van der Waals surface area contributed by atoms with Gasteiger partial charge in [-0.1, -0.05) is 22.0 Å². The molecule has 0 aromatic heterocycles. The van der Waals surface area contributed by atoms with E-state index in [-0.39, 0.29) is 24.6 Å². The quantitative estimate of drug-likeness (QED) is 0.467. The van der Waals surface area contributed by atoms with E-state index in [2.05, 4.69) is 21.2 Å². The summed E-state index contributed by atoms with van der Waals surface area (Å²) in [5.74, 6) is -1.91. The number of aliphatic hydroxyl groups is 1. The molecule has 0 radical (unpaired) electrons. The highest BCUT2D eigenvalue weighted by Crippen LogP contribution is 2.37. The number of ether oxygens (including phenoxy) is 1. The smallest absolute Gasteiger partial charge is 0.410 e. The Morgan fingerprint density at radius 1 is 1.19 bits per heavy atom. The average molecular weight is 567 g/mol. The number of carbonyl (C=O) groups excluding carboxylic acids is 2. The molecule has 0 saturated heterocycles. The van der Waals surface area contributed by atoms with E-state index in [0.29, 0.717) is 6.42 Å². The van der Waals surface area contributed by atoms with Crippen LogP contribution >= 0.6 is 15.9 Å². The van der Waals surface area contributed by atoms with Gasteiger partial charge in [0, 0.05) is 17.5 Å². The van der Waals surface area contributed by atoms with E-state index in [9.17, 15) is 23.5 Å². The van der Waals surface area contributed by atoms with Crippen LogP contribution in [-0.4, -0.2) is 46.3 Å². The Morgan fingerprint density at radius 2 is 1.86 bits per heavy atom. The number of nitrogens with one attached hydrogen (secondary N) is 1. The minimum atomic E-state index is -1.23. The zero-order chi connectivity index (χ0) is 26.6. The molecule has 0 bridgehead atoms. The maximum absolute atomic E-state index is 13.8. The Kier molecular flexibility index (Phi) is 9.11. The Balaban J connectivity index is 1.93. The lowest BCUT2D eigenvalue weighted by molar-refractivity contribution is -0.120. The molecule has 36 heavy (non-hydrogen) atoms. The zero-order valence-corrected chi connectivity index (χ0v) is 22.6. The number of aliphatic hydroxyl groups excluding tert-OH is 1. The topological polar surface area (TPSA) is 78.9 Å². The molecule has 0 fully saturated rings. The first-order chi connectivity index (χ1) is 16.8. The van der Waals surface area contributed by atoms with Crippen LogP contribution in [0.15, 0.2) is 40.9 Å². The molecule has 2 amide bonds. The number of nitrogens with zero attached hydrogens (tertiary/aromatic N) is 1. The SMILES string of the molecule is CC(=O)NC(Cc1cc(F)cc(F)c1)[C@H](O)CN(C(=O)OC(C)(C)C)C1CCCc2ccc(Br)cc21. The van der Waals surface area contributed by atoms with Crippen LogP contribution in [0.25, 0.3) is 0 Å². The maximum Gasteiger partial charge on any atom is 0.410 e. The standard InChI is InChI=1S/C27H33BrF2N2O4/c1-16(33)31-23(12-17-10-20(29)14-21(30)11-17)25(34)15-32(26(35)36-27(2,3)4)24-7-5-6-18-8-9-19(28)13-22(18)24/h8-11,13-14,23-25,34H,5-7,12,15H2,1-4H3,(H,31,33)/t23?,24?,25-/m1/s1. The van der Waals surface area contributed by atoms with Crippen molar-refractivity contribution in [3.8, 4) is 0 Å². The monoisotopic (exact) mass is 566 g/mol. The van der Waals surface area contributed by atoms with Gasteiger partial charge in [-0.05, 0) is 87.4 Å². The normalized spacial score (nSPS) is 17.1. The molecule has 1 aliphatic carbocycles. The average Bonchev–Trinajstić information content (AvgIpc) is 2.74. The van der Waals surface area contributed by atoms with Crippen molar-refractivity contribution in [2.75, 3.05) is 6.54 Å². The van der Waals surface area contributed by atoms with E-state index in [0.717, 1.165) is 46.6 Å². The minimum Gasteiger partial charge on any atom is -0.444 e. The summed E-state index contributed by atoms with van der Waals surface area (Å²) >= 11 is 3.51. The number of hydrogen-bond donors (Lipinski definition) is 2. The Labute approximate surface area is 219 Å². The van der Waals surface area contributed by atoms with Crippen molar-refractivity contribution in [3.63, 3.8) is 0 Å². The molecule has 3 rings (SSSR count). The molecule has 2 aromatic carbocycles. The van der Waals surface area contributed by atoms with Gasteiger partial charge in [0.25, 0.3) is 0 Å². The summed E-state index contributed by atoms with van der Waals surface area (Å²) in [5.41, 5.74) is 1.61. The van der Waals surface area contributed by atoms with Crippen molar-refractivity contribution in [3.05, 3.63) is 69.2 Å².